The molecule has 0 spiro atoms. The van der Waals surface area contributed by atoms with Crippen molar-refractivity contribution in [2.75, 3.05) is 11.5 Å². The summed E-state index contributed by atoms with van der Waals surface area (Å²) in [6, 6.07) is 9.76. The van der Waals surface area contributed by atoms with Crippen molar-refractivity contribution in [3.05, 3.63) is 57.8 Å². The third kappa shape index (κ3) is 4.43. The first kappa shape index (κ1) is 20.4. The van der Waals surface area contributed by atoms with Crippen molar-refractivity contribution in [1.29, 1.82) is 0 Å². The number of hydrogen-bond donors (Lipinski definition) is 1. The molecule has 3 aromatic heterocycles. The molecule has 1 aliphatic heterocycles. The minimum absolute atomic E-state index is 0.0290. The number of benzene rings is 1. The number of hydrogen-bond acceptors (Lipinski definition) is 9. The molecule has 1 aliphatic rings. The van der Waals surface area contributed by atoms with Gasteiger partial charge in [0.1, 0.15) is 10.7 Å². The monoisotopic (exact) mass is 474 g/mol. The highest BCUT2D eigenvalue weighted by atomic mass is 32.2. The lowest BCUT2D eigenvalue weighted by molar-refractivity contribution is 0.389. The van der Waals surface area contributed by atoms with Gasteiger partial charge in [0.05, 0.1) is 22.6 Å². The van der Waals surface area contributed by atoms with E-state index in [1.54, 1.807) is 0 Å². The van der Waals surface area contributed by atoms with Gasteiger partial charge in [-0.25, -0.2) is 13.4 Å². The molecule has 0 aliphatic carbocycles. The first-order valence-electron chi connectivity index (χ1n) is 9.68. The fraction of sp³-hybridized carbons (Fsp3) is 0.300. The largest absolute Gasteiger partial charge is 0.416 e. The van der Waals surface area contributed by atoms with E-state index in [-0.39, 0.29) is 23.0 Å². The van der Waals surface area contributed by atoms with Crippen LogP contribution in [-0.2, 0) is 22.0 Å². The van der Waals surface area contributed by atoms with Crippen molar-refractivity contribution in [3.8, 4) is 11.1 Å². The van der Waals surface area contributed by atoms with Crippen LogP contribution in [0.3, 0.4) is 0 Å². The number of rotatable bonds is 6. The summed E-state index contributed by atoms with van der Waals surface area (Å²) < 4.78 is 28.8. The average Bonchev–Trinajstić information content (AvgIpc) is 3.46. The van der Waals surface area contributed by atoms with E-state index in [0.29, 0.717) is 45.7 Å². The SMILES string of the molecule is O=c1[nH]c(CSc2nnc(C[C@H]3CCS(=O)(=O)C3)o2)nc2scc(-c3ccccc3)c12. The van der Waals surface area contributed by atoms with Crippen LogP contribution in [-0.4, -0.2) is 40.1 Å². The Morgan fingerprint density at radius 2 is 2.06 bits per heavy atom. The number of thiophene rings is 1. The van der Waals surface area contributed by atoms with E-state index in [2.05, 4.69) is 20.2 Å². The van der Waals surface area contributed by atoms with Gasteiger partial charge in [-0.3, -0.25) is 4.79 Å². The van der Waals surface area contributed by atoms with Gasteiger partial charge in [-0.1, -0.05) is 42.1 Å². The van der Waals surface area contributed by atoms with E-state index < -0.39 is 9.84 Å². The Morgan fingerprint density at radius 1 is 1.23 bits per heavy atom. The maximum absolute atomic E-state index is 12.7. The fourth-order valence-corrected chi connectivity index (χ4v) is 7.16. The number of thioether (sulfide) groups is 1. The second-order valence-electron chi connectivity index (χ2n) is 7.43. The lowest BCUT2D eigenvalue weighted by atomic mass is 10.1. The van der Waals surface area contributed by atoms with Crippen molar-refractivity contribution in [2.24, 2.45) is 5.92 Å². The van der Waals surface area contributed by atoms with Gasteiger partial charge in [-0.2, -0.15) is 0 Å². The number of H-pyrrole nitrogens is 1. The fourth-order valence-electron chi connectivity index (χ4n) is 3.68. The van der Waals surface area contributed by atoms with Crippen LogP contribution in [0.2, 0.25) is 0 Å². The van der Waals surface area contributed by atoms with Gasteiger partial charge in [0.2, 0.25) is 5.89 Å². The summed E-state index contributed by atoms with van der Waals surface area (Å²) >= 11 is 2.73. The molecule has 4 heterocycles. The highest BCUT2D eigenvalue weighted by Crippen LogP contribution is 2.31. The Hall–Kier alpha value is -2.50. The van der Waals surface area contributed by atoms with Crippen molar-refractivity contribution < 1.29 is 12.8 Å². The van der Waals surface area contributed by atoms with Crippen LogP contribution in [0.25, 0.3) is 21.3 Å². The molecule has 5 rings (SSSR count). The molecule has 160 valence electrons. The second kappa shape index (κ2) is 8.21. The normalized spacial score (nSPS) is 18.0. The molecule has 4 aromatic rings. The summed E-state index contributed by atoms with van der Waals surface area (Å²) in [5.41, 5.74) is 1.69. The minimum atomic E-state index is -2.93. The standard InChI is InChI=1S/C20H18N4O4S3/c25-18-17-14(13-4-2-1-3-5-13)9-29-19(17)22-15(21-18)10-30-20-24-23-16(28-20)8-12-6-7-31(26,27)11-12/h1-5,9,12H,6-8,10-11H2,(H,21,22,25)/t12-/m1/s1. The number of nitrogens with zero attached hydrogens (tertiary/aromatic N) is 3. The molecule has 1 fully saturated rings. The van der Waals surface area contributed by atoms with Gasteiger partial charge >= 0.3 is 0 Å². The molecule has 0 amide bonds. The zero-order valence-electron chi connectivity index (χ0n) is 16.3. The zero-order valence-corrected chi connectivity index (χ0v) is 18.7. The smallest absolute Gasteiger partial charge is 0.277 e. The number of aromatic nitrogens is 4. The average molecular weight is 475 g/mol. The van der Waals surface area contributed by atoms with Crippen LogP contribution in [0.15, 0.2) is 50.1 Å². The molecular weight excluding hydrogens is 456 g/mol. The predicted molar refractivity (Wildman–Crippen MR) is 120 cm³/mol. The van der Waals surface area contributed by atoms with Crippen LogP contribution in [0.5, 0.6) is 0 Å². The lowest BCUT2D eigenvalue weighted by Gasteiger charge is -2.02. The van der Waals surface area contributed by atoms with E-state index in [1.807, 2.05) is 35.7 Å². The molecule has 31 heavy (non-hydrogen) atoms. The molecule has 0 bridgehead atoms. The van der Waals surface area contributed by atoms with Crippen LogP contribution in [0.4, 0.5) is 0 Å². The number of sulfone groups is 1. The Bertz CT molecular complexity index is 1390. The van der Waals surface area contributed by atoms with E-state index in [4.69, 9.17) is 4.42 Å². The lowest BCUT2D eigenvalue weighted by Crippen LogP contribution is -2.10. The summed E-state index contributed by atoms with van der Waals surface area (Å²) in [6.45, 7) is 0. The van der Waals surface area contributed by atoms with Gasteiger partial charge in [0.15, 0.2) is 9.84 Å². The molecule has 11 heteroatoms. The Labute approximate surface area is 186 Å². The Morgan fingerprint density at radius 3 is 2.84 bits per heavy atom. The maximum atomic E-state index is 12.7. The highest BCUT2D eigenvalue weighted by Gasteiger charge is 2.29. The van der Waals surface area contributed by atoms with Crippen molar-refractivity contribution in [3.63, 3.8) is 0 Å². The Balaban J connectivity index is 1.29. The van der Waals surface area contributed by atoms with Crippen molar-refractivity contribution in [1.82, 2.24) is 20.2 Å². The molecule has 0 radical (unpaired) electrons. The van der Waals surface area contributed by atoms with Crippen LogP contribution < -0.4 is 5.56 Å². The summed E-state index contributed by atoms with van der Waals surface area (Å²) in [5, 5.41) is 11.0. The Kier molecular flexibility index (Phi) is 5.40. The molecule has 0 saturated carbocycles. The third-order valence-electron chi connectivity index (χ3n) is 5.15. The molecule has 1 N–H and O–H groups in total. The molecule has 1 saturated heterocycles. The molecule has 1 aromatic carbocycles. The minimum Gasteiger partial charge on any atom is -0.416 e. The molecule has 0 unspecified atom stereocenters. The van der Waals surface area contributed by atoms with E-state index >= 15 is 0 Å². The predicted octanol–water partition coefficient (Wildman–Crippen LogP) is 3.30. The second-order valence-corrected chi connectivity index (χ2v) is 11.4. The van der Waals surface area contributed by atoms with E-state index in [9.17, 15) is 13.2 Å². The van der Waals surface area contributed by atoms with Gasteiger partial charge in [-0.15, -0.1) is 21.5 Å². The summed E-state index contributed by atoms with van der Waals surface area (Å²) in [7, 11) is -2.93. The highest BCUT2D eigenvalue weighted by molar-refractivity contribution is 7.98. The zero-order chi connectivity index (χ0) is 21.4. The van der Waals surface area contributed by atoms with Crippen LogP contribution in [0, 0.1) is 5.92 Å². The topological polar surface area (TPSA) is 119 Å². The molecular formula is C20H18N4O4S3. The first-order valence-corrected chi connectivity index (χ1v) is 13.4. The summed E-state index contributed by atoms with van der Waals surface area (Å²) in [5.74, 6) is 1.78. The molecule has 1 atom stereocenters. The van der Waals surface area contributed by atoms with Gasteiger partial charge in [-0.05, 0) is 17.9 Å². The number of nitrogens with one attached hydrogen (secondary N) is 1. The molecule has 8 nitrogen and oxygen atoms in total. The summed E-state index contributed by atoms with van der Waals surface area (Å²) in [4.78, 5) is 20.8. The van der Waals surface area contributed by atoms with Gasteiger partial charge < -0.3 is 9.40 Å². The van der Waals surface area contributed by atoms with Crippen LogP contribution in [0.1, 0.15) is 18.1 Å². The van der Waals surface area contributed by atoms with Crippen molar-refractivity contribution in [2.45, 2.75) is 23.8 Å². The van der Waals surface area contributed by atoms with Gasteiger partial charge in [0, 0.05) is 17.4 Å². The maximum Gasteiger partial charge on any atom is 0.277 e. The van der Waals surface area contributed by atoms with E-state index in [1.165, 1.54) is 23.1 Å². The first-order chi connectivity index (χ1) is 15.0. The van der Waals surface area contributed by atoms with Gasteiger partial charge in [0.25, 0.3) is 10.8 Å². The number of aromatic amines is 1. The van der Waals surface area contributed by atoms with E-state index in [0.717, 1.165) is 11.1 Å². The van der Waals surface area contributed by atoms with Crippen LogP contribution >= 0.6 is 23.1 Å². The summed E-state index contributed by atoms with van der Waals surface area (Å²) in [6.07, 6.45) is 1.09. The van der Waals surface area contributed by atoms with Crippen molar-refractivity contribution >= 4 is 43.2 Å². The number of fused-ring (bicyclic) bond motifs is 1. The quantitative estimate of drug-likeness (QED) is 0.423. The third-order valence-corrected chi connectivity index (χ3v) is 8.69.